The van der Waals surface area contributed by atoms with E-state index in [2.05, 4.69) is 20.7 Å². The van der Waals surface area contributed by atoms with E-state index in [1.54, 1.807) is 0 Å². The third-order valence-electron chi connectivity index (χ3n) is 3.54. The highest BCUT2D eigenvalue weighted by Gasteiger charge is 2.32. The fourth-order valence-corrected chi connectivity index (χ4v) is 4.18. The molecule has 0 unspecified atom stereocenters. The number of sulfonamides is 1. The molecule has 0 saturated heterocycles. The lowest BCUT2D eigenvalue weighted by atomic mass is 9.84. The molecule has 0 spiro atoms. The molecule has 0 atom stereocenters. The zero-order valence-corrected chi connectivity index (χ0v) is 13.2. The summed E-state index contributed by atoms with van der Waals surface area (Å²) in [6, 6.07) is 3.85. The summed E-state index contributed by atoms with van der Waals surface area (Å²) in [5.41, 5.74) is -0.416. The second kappa shape index (κ2) is 5.50. The van der Waals surface area contributed by atoms with Crippen LogP contribution < -0.4 is 4.72 Å². The normalized spacial score (nSPS) is 19.3. The Hall–Kier alpha value is -0.460. The molecule has 19 heavy (non-hydrogen) atoms. The summed E-state index contributed by atoms with van der Waals surface area (Å²) in [6.07, 6.45) is 4.84. The predicted octanol–water partition coefficient (Wildman–Crippen LogP) is 3.59. The number of nitrogens with one attached hydrogen (secondary N) is 1. The van der Waals surface area contributed by atoms with Gasteiger partial charge in [-0.05, 0) is 53.9 Å². The molecule has 0 heterocycles. The van der Waals surface area contributed by atoms with Crippen LogP contribution in [-0.2, 0) is 10.0 Å². The van der Waals surface area contributed by atoms with Gasteiger partial charge in [-0.2, -0.15) is 0 Å². The van der Waals surface area contributed by atoms with E-state index >= 15 is 0 Å². The highest BCUT2D eigenvalue weighted by molar-refractivity contribution is 9.10. The predicted molar refractivity (Wildman–Crippen MR) is 75.9 cm³/mol. The topological polar surface area (TPSA) is 46.2 Å². The van der Waals surface area contributed by atoms with Crippen molar-refractivity contribution in [2.75, 3.05) is 0 Å². The van der Waals surface area contributed by atoms with Crippen molar-refractivity contribution in [3.63, 3.8) is 0 Å². The van der Waals surface area contributed by atoms with Gasteiger partial charge in [0.15, 0.2) is 0 Å². The number of benzene rings is 1. The van der Waals surface area contributed by atoms with E-state index in [0.717, 1.165) is 38.2 Å². The third-order valence-corrected chi connectivity index (χ3v) is 5.82. The minimum absolute atomic E-state index is 0.0278. The second-order valence-electron chi connectivity index (χ2n) is 5.30. The Labute approximate surface area is 121 Å². The lowest BCUT2D eigenvalue weighted by Gasteiger charge is -2.34. The summed E-state index contributed by atoms with van der Waals surface area (Å²) in [7, 11) is -3.67. The second-order valence-corrected chi connectivity index (χ2v) is 7.84. The molecule has 0 radical (unpaired) electrons. The maximum atomic E-state index is 13.4. The summed E-state index contributed by atoms with van der Waals surface area (Å²) in [5, 5.41) is 0. The van der Waals surface area contributed by atoms with Gasteiger partial charge in [-0.1, -0.05) is 19.3 Å². The lowest BCUT2D eigenvalue weighted by Crippen LogP contribution is -2.47. The molecule has 1 aliphatic rings. The number of rotatable bonds is 3. The number of hydrogen-bond acceptors (Lipinski definition) is 2. The van der Waals surface area contributed by atoms with E-state index in [1.165, 1.54) is 12.1 Å². The van der Waals surface area contributed by atoms with Crippen LogP contribution >= 0.6 is 15.9 Å². The molecule has 0 aliphatic heterocycles. The minimum Gasteiger partial charge on any atom is -0.207 e. The zero-order chi connectivity index (χ0) is 14.1. The van der Waals surface area contributed by atoms with E-state index < -0.39 is 21.4 Å². The van der Waals surface area contributed by atoms with E-state index in [-0.39, 0.29) is 9.37 Å². The van der Waals surface area contributed by atoms with Crippen molar-refractivity contribution in [2.24, 2.45) is 0 Å². The van der Waals surface area contributed by atoms with Gasteiger partial charge in [0, 0.05) is 5.54 Å². The van der Waals surface area contributed by atoms with Crippen LogP contribution in [0.15, 0.2) is 27.6 Å². The van der Waals surface area contributed by atoms with Crippen LogP contribution in [-0.4, -0.2) is 14.0 Å². The standard InChI is InChI=1S/C13H17BrFNO2S/c1-13(7-3-2-4-8-13)16-19(17,18)10-5-6-11(14)12(15)9-10/h5-6,9,16H,2-4,7-8H2,1H3. The third kappa shape index (κ3) is 3.55. The van der Waals surface area contributed by atoms with Crippen LogP contribution in [0.3, 0.4) is 0 Å². The Morgan fingerprint density at radius 2 is 1.89 bits per heavy atom. The van der Waals surface area contributed by atoms with E-state index in [9.17, 15) is 12.8 Å². The molecule has 0 bridgehead atoms. The fourth-order valence-electron chi connectivity index (χ4n) is 2.46. The largest absolute Gasteiger partial charge is 0.241 e. The first kappa shape index (κ1) is 14.9. The average molecular weight is 350 g/mol. The Morgan fingerprint density at radius 1 is 1.26 bits per heavy atom. The van der Waals surface area contributed by atoms with Gasteiger partial charge in [0.25, 0.3) is 0 Å². The molecular weight excluding hydrogens is 333 g/mol. The Kier molecular flexibility index (Phi) is 4.32. The van der Waals surface area contributed by atoms with Gasteiger partial charge in [-0.25, -0.2) is 17.5 Å². The first-order valence-corrected chi connectivity index (χ1v) is 8.59. The van der Waals surface area contributed by atoms with Crippen LogP contribution in [0, 0.1) is 5.82 Å². The van der Waals surface area contributed by atoms with Crippen molar-refractivity contribution < 1.29 is 12.8 Å². The summed E-state index contributed by atoms with van der Waals surface area (Å²) in [5.74, 6) is -0.573. The SMILES string of the molecule is CC1(NS(=O)(=O)c2ccc(Br)c(F)c2)CCCCC1. The van der Waals surface area contributed by atoms with Crippen molar-refractivity contribution >= 4 is 26.0 Å². The molecular formula is C13H17BrFNO2S. The van der Waals surface area contributed by atoms with Gasteiger partial charge in [0.1, 0.15) is 5.82 Å². The van der Waals surface area contributed by atoms with Crippen LogP contribution in [0.4, 0.5) is 4.39 Å². The van der Waals surface area contributed by atoms with Gasteiger partial charge < -0.3 is 0 Å². The van der Waals surface area contributed by atoms with Crippen molar-refractivity contribution in [1.29, 1.82) is 0 Å². The maximum Gasteiger partial charge on any atom is 0.241 e. The fraction of sp³-hybridized carbons (Fsp3) is 0.538. The molecule has 6 heteroatoms. The Bertz CT molecular complexity index is 568. The minimum atomic E-state index is -3.67. The molecule has 1 aliphatic carbocycles. The summed E-state index contributed by atoms with van der Waals surface area (Å²) in [6.45, 7) is 1.92. The van der Waals surface area contributed by atoms with Crippen LogP contribution in [0.1, 0.15) is 39.0 Å². The first-order valence-electron chi connectivity index (χ1n) is 6.31. The van der Waals surface area contributed by atoms with Gasteiger partial charge in [-0.15, -0.1) is 0 Å². The number of halogens is 2. The Balaban J connectivity index is 2.24. The smallest absolute Gasteiger partial charge is 0.207 e. The van der Waals surface area contributed by atoms with Crippen LogP contribution in [0.2, 0.25) is 0 Å². The molecule has 1 saturated carbocycles. The maximum absolute atomic E-state index is 13.4. The Morgan fingerprint density at radius 3 is 2.47 bits per heavy atom. The highest BCUT2D eigenvalue weighted by Crippen LogP contribution is 2.29. The highest BCUT2D eigenvalue weighted by atomic mass is 79.9. The van der Waals surface area contributed by atoms with E-state index in [1.807, 2.05) is 6.92 Å². The average Bonchev–Trinajstić information content (AvgIpc) is 2.32. The number of hydrogen-bond donors (Lipinski definition) is 1. The monoisotopic (exact) mass is 349 g/mol. The summed E-state index contributed by atoms with van der Waals surface area (Å²) >= 11 is 3.01. The van der Waals surface area contributed by atoms with E-state index in [4.69, 9.17) is 0 Å². The zero-order valence-electron chi connectivity index (χ0n) is 10.7. The van der Waals surface area contributed by atoms with Crippen molar-refractivity contribution in [3.8, 4) is 0 Å². The van der Waals surface area contributed by atoms with Gasteiger partial charge in [-0.3, -0.25) is 0 Å². The van der Waals surface area contributed by atoms with Gasteiger partial charge in [0.05, 0.1) is 9.37 Å². The molecule has 1 N–H and O–H groups in total. The van der Waals surface area contributed by atoms with Crippen molar-refractivity contribution in [1.82, 2.24) is 4.72 Å². The molecule has 106 valence electrons. The van der Waals surface area contributed by atoms with Crippen molar-refractivity contribution in [3.05, 3.63) is 28.5 Å². The molecule has 3 nitrogen and oxygen atoms in total. The molecule has 1 aromatic rings. The lowest BCUT2D eigenvalue weighted by molar-refractivity contribution is 0.294. The van der Waals surface area contributed by atoms with E-state index in [0.29, 0.717) is 0 Å². The quantitative estimate of drug-likeness (QED) is 0.906. The molecule has 0 aromatic heterocycles. The molecule has 1 aromatic carbocycles. The molecule has 1 fully saturated rings. The molecule has 0 amide bonds. The summed E-state index contributed by atoms with van der Waals surface area (Å²) < 4.78 is 41.0. The molecule has 2 rings (SSSR count). The van der Waals surface area contributed by atoms with Gasteiger partial charge in [0.2, 0.25) is 10.0 Å². The van der Waals surface area contributed by atoms with Crippen molar-refractivity contribution in [2.45, 2.75) is 49.5 Å². The first-order chi connectivity index (χ1) is 8.82. The summed E-state index contributed by atoms with van der Waals surface area (Å²) in [4.78, 5) is -0.0278. The van der Waals surface area contributed by atoms with Crippen LogP contribution in [0.5, 0.6) is 0 Å². The van der Waals surface area contributed by atoms with Crippen LogP contribution in [0.25, 0.3) is 0 Å². The van der Waals surface area contributed by atoms with Gasteiger partial charge >= 0.3 is 0 Å².